The van der Waals surface area contributed by atoms with Crippen molar-refractivity contribution in [3.8, 4) is 0 Å². The molecule has 0 aliphatic rings. The highest BCUT2D eigenvalue weighted by molar-refractivity contribution is 7.47. The lowest BCUT2D eigenvalue weighted by Gasteiger charge is -2.31. The monoisotopic (exact) mass is 1150 g/mol. The van der Waals surface area contributed by atoms with E-state index in [1.54, 1.807) is 13.8 Å². The molecule has 0 aromatic rings. The molecule has 0 fully saturated rings. The molecular formula is C34H64N10O26P4. The number of carbonyl (C=O) groups is 10. The summed E-state index contributed by atoms with van der Waals surface area (Å²) in [4.78, 5) is 206. The number of primary amides is 1. The Morgan fingerprint density at radius 2 is 0.838 bits per heavy atom. The fourth-order valence-corrected chi connectivity index (χ4v) is 7.62. The van der Waals surface area contributed by atoms with Crippen LogP contribution in [0.4, 0.5) is 0 Å². The number of nitrogens with one attached hydrogen (secondary N) is 8. The van der Waals surface area contributed by atoms with Gasteiger partial charge in [-0.3, -0.25) is 61.2 Å². The Morgan fingerprint density at radius 3 is 1.19 bits per heavy atom. The lowest BCUT2D eigenvalue weighted by molar-refractivity contribution is -0.138. The number of nitrogens with two attached hydrogens (primary N) is 2. The molecule has 0 aromatic heterocycles. The fraction of sp³-hybridized carbons (Fsp3) is 0.706. The average Bonchev–Trinajstić information content (AvgIpc) is 3.22. The summed E-state index contributed by atoms with van der Waals surface area (Å²) in [5, 5.41) is 16.2. The Balaban J connectivity index is 7.29. The number of hydrogen-bond donors (Lipinski definition) is 18. The predicted octanol–water partition coefficient (Wildman–Crippen LogP) is -7.17. The summed E-state index contributed by atoms with van der Waals surface area (Å²) in [6.07, 6.45) is -4.99. The van der Waals surface area contributed by atoms with Gasteiger partial charge in [0.05, 0.1) is 44.4 Å². The van der Waals surface area contributed by atoms with Crippen molar-refractivity contribution in [1.82, 2.24) is 42.5 Å². The van der Waals surface area contributed by atoms with Crippen LogP contribution in [0.25, 0.3) is 0 Å². The van der Waals surface area contributed by atoms with Gasteiger partial charge in [0.1, 0.15) is 48.6 Å². The molecular weight excluding hydrogens is 1090 g/mol. The van der Waals surface area contributed by atoms with Crippen molar-refractivity contribution in [3.63, 3.8) is 0 Å². The standard InChI is InChI=1S/C34H64N10O26P4/c1-14(2)10-19(28(48)37-8-9-45)39-30(50)21(12-67-71(55,56)57)41-33(53)25(17(6)69-73(61,62)63)44-31(51)22(13-68-72(58,59)60)40-32(52)24(15(3)4)42-34(54)26(18(7)70-74(64,65)66)43-29(49)20(11-23(36)46)38-27(47)16(5)35/h9,14-22,24-26H,8,10-13,35H2,1-7H3,(H2,36,46)(H,37,48)(H,38,47)(H,39,50)(H,40,52)(H,41,53)(H,42,54)(H,43,49)(H,44,51)(H2,55,56,57)(H2,58,59,60)(H2,61,62,63)(H2,64,65,66)/t16-,17+,18+,19-,20-,21-,22-,24-,25-,26-/m0/s1. The number of aldehydes is 1. The van der Waals surface area contributed by atoms with Crippen LogP contribution in [-0.4, -0.2) is 179 Å². The number of phosphoric acid groups is 4. The second kappa shape index (κ2) is 30.8. The first-order valence-corrected chi connectivity index (χ1v) is 27.5. The number of rotatable bonds is 34. The third-order valence-corrected chi connectivity index (χ3v) is 11.4. The maximum Gasteiger partial charge on any atom is 0.469 e. The van der Waals surface area contributed by atoms with Crippen LogP contribution in [-0.2, 0) is 84.3 Å². The third kappa shape index (κ3) is 28.8. The highest BCUT2D eigenvalue weighted by atomic mass is 31.2. The summed E-state index contributed by atoms with van der Waals surface area (Å²) in [6.45, 7) is 5.00. The molecule has 0 aromatic carbocycles. The zero-order valence-corrected chi connectivity index (χ0v) is 44.0. The van der Waals surface area contributed by atoms with Crippen molar-refractivity contribution < 1.29 is 123 Å². The maximum atomic E-state index is 13.9. The van der Waals surface area contributed by atoms with Crippen LogP contribution >= 0.6 is 31.3 Å². The number of hydrogen-bond acceptors (Lipinski definition) is 19. The Kier molecular flexibility index (Phi) is 28.8. The summed E-state index contributed by atoms with van der Waals surface area (Å²) in [7, 11) is -22.2. The Morgan fingerprint density at radius 1 is 0.486 bits per heavy atom. The minimum absolute atomic E-state index is 0.135. The van der Waals surface area contributed by atoms with Crippen LogP contribution in [0, 0.1) is 11.8 Å². The van der Waals surface area contributed by atoms with Gasteiger partial charge in [-0.05, 0) is 39.0 Å². The summed E-state index contributed by atoms with van der Waals surface area (Å²) in [5.74, 6) is -13.8. The van der Waals surface area contributed by atoms with Gasteiger partial charge >= 0.3 is 31.3 Å². The average molecular weight is 1150 g/mol. The minimum atomic E-state index is -5.65. The molecule has 36 nitrogen and oxygen atoms in total. The van der Waals surface area contributed by atoms with Crippen molar-refractivity contribution >= 4 is 90.7 Å². The molecule has 426 valence electrons. The highest BCUT2D eigenvalue weighted by Gasteiger charge is 2.41. The van der Waals surface area contributed by atoms with Crippen LogP contribution in [0.2, 0.25) is 0 Å². The molecule has 0 saturated heterocycles. The normalized spacial score (nSPS) is 16.3. The van der Waals surface area contributed by atoms with Crippen LogP contribution in [0.3, 0.4) is 0 Å². The zero-order valence-electron chi connectivity index (χ0n) is 40.4. The lowest BCUT2D eigenvalue weighted by atomic mass is 10.0. The number of amides is 9. The largest absolute Gasteiger partial charge is 0.469 e. The first kappa shape index (κ1) is 69.3. The summed E-state index contributed by atoms with van der Waals surface area (Å²) < 4.78 is 65.0. The van der Waals surface area contributed by atoms with E-state index in [-0.39, 0.29) is 12.3 Å². The Bertz CT molecular complexity index is 2200. The number of phosphoric ester groups is 4. The molecule has 0 saturated carbocycles. The van der Waals surface area contributed by atoms with E-state index in [1.165, 1.54) is 20.8 Å². The summed E-state index contributed by atoms with van der Waals surface area (Å²) >= 11 is 0. The molecule has 0 aliphatic heterocycles. The van der Waals surface area contributed by atoms with Crippen LogP contribution in [0.1, 0.15) is 61.3 Å². The molecule has 0 spiro atoms. The minimum Gasteiger partial charge on any atom is -0.370 e. The molecule has 0 unspecified atom stereocenters. The molecule has 0 radical (unpaired) electrons. The molecule has 20 N–H and O–H groups in total. The van der Waals surface area contributed by atoms with Crippen LogP contribution in [0.5, 0.6) is 0 Å². The topological polar surface area (TPSA) is 586 Å². The van der Waals surface area contributed by atoms with E-state index in [1.807, 2.05) is 21.3 Å². The smallest absolute Gasteiger partial charge is 0.370 e. The van der Waals surface area contributed by atoms with Crippen molar-refractivity contribution in [2.45, 2.75) is 122 Å². The maximum absolute atomic E-state index is 13.9. The van der Waals surface area contributed by atoms with E-state index in [4.69, 9.17) is 11.5 Å². The van der Waals surface area contributed by atoms with E-state index in [0.717, 1.165) is 13.8 Å². The van der Waals surface area contributed by atoms with Gasteiger partial charge in [0.25, 0.3) is 0 Å². The van der Waals surface area contributed by atoms with Gasteiger partial charge in [-0.2, -0.15) is 0 Å². The first-order valence-electron chi connectivity index (χ1n) is 21.3. The molecule has 74 heavy (non-hydrogen) atoms. The van der Waals surface area contributed by atoms with Crippen molar-refractivity contribution in [2.24, 2.45) is 23.3 Å². The molecule has 0 bridgehead atoms. The van der Waals surface area contributed by atoms with Crippen LogP contribution < -0.4 is 54.0 Å². The molecule has 40 heteroatoms. The van der Waals surface area contributed by atoms with Crippen LogP contribution in [0.15, 0.2) is 0 Å². The van der Waals surface area contributed by atoms with Gasteiger partial charge in [0.2, 0.25) is 53.2 Å². The quantitative estimate of drug-likeness (QED) is 0.0210. The van der Waals surface area contributed by atoms with E-state index in [2.05, 4.69) is 39.4 Å². The lowest BCUT2D eigenvalue weighted by Crippen LogP contribution is -2.64. The Hall–Kier alpha value is -4.70. The molecule has 0 heterocycles. The summed E-state index contributed by atoms with van der Waals surface area (Å²) in [5.41, 5.74) is 10.7. The van der Waals surface area contributed by atoms with E-state index in [0.29, 0.717) is 6.29 Å². The second-order valence-electron chi connectivity index (χ2n) is 16.6. The number of carbonyl (C=O) groups excluding carboxylic acids is 10. The second-order valence-corrected chi connectivity index (χ2v) is 21.5. The summed E-state index contributed by atoms with van der Waals surface area (Å²) in [6, 6.07) is -16.0. The Labute approximate surface area is 420 Å². The fourth-order valence-electron chi connectivity index (χ4n) is 5.82. The van der Waals surface area contributed by atoms with E-state index >= 15 is 0 Å². The van der Waals surface area contributed by atoms with Gasteiger partial charge in [-0.25, -0.2) is 18.3 Å². The van der Waals surface area contributed by atoms with Gasteiger partial charge < -0.3 is 97.9 Å². The van der Waals surface area contributed by atoms with Crippen molar-refractivity contribution in [3.05, 3.63) is 0 Å². The van der Waals surface area contributed by atoms with Gasteiger partial charge in [-0.15, -0.1) is 0 Å². The predicted molar refractivity (Wildman–Crippen MR) is 246 cm³/mol. The van der Waals surface area contributed by atoms with Gasteiger partial charge in [-0.1, -0.05) is 27.7 Å². The van der Waals surface area contributed by atoms with Crippen molar-refractivity contribution in [2.75, 3.05) is 19.8 Å². The van der Waals surface area contributed by atoms with E-state index in [9.17, 15) is 105 Å². The SMILES string of the molecule is CC(C)C[C@H](NC(=O)[C@H](COP(=O)(O)O)NC(=O)[C@@H](NC(=O)[C@H](COP(=O)(O)O)NC(=O)[C@@H](NC(=O)[C@@H](NC(=O)[C@H](CC(N)=O)NC(=O)[C@H](C)N)[C@@H](C)OP(=O)(O)O)C(C)C)[C@@H](C)OP(=O)(O)O)C(=O)NCC=O. The molecule has 9 amide bonds. The van der Waals surface area contributed by atoms with Crippen molar-refractivity contribution in [1.29, 1.82) is 0 Å². The third-order valence-electron chi connectivity index (χ3n) is 9.19. The zero-order chi connectivity index (χ0) is 57.9. The highest BCUT2D eigenvalue weighted by Crippen LogP contribution is 2.39. The van der Waals surface area contributed by atoms with Gasteiger partial charge in [0, 0.05) is 0 Å². The molecule has 0 rings (SSSR count). The first-order chi connectivity index (χ1) is 33.6. The molecule has 10 atom stereocenters. The van der Waals surface area contributed by atoms with Gasteiger partial charge in [0.15, 0.2) is 0 Å². The van der Waals surface area contributed by atoms with E-state index < -0.39 is 177 Å². The molecule has 0 aliphatic carbocycles.